The predicted octanol–water partition coefficient (Wildman–Crippen LogP) is 3.54. The summed E-state index contributed by atoms with van der Waals surface area (Å²) < 4.78 is 0.347. The van der Waals surface area contributed by atoms with Crippen LogP contribution >= 0.6 is 24.0 Å². The average molecular weight is 384 g/mol. The molecule has 1 aliphatic rings. The van der Waals surface area contributed by atoms with Gasteiger partial charge in [0.05, 0.1) is 4.91 Å². The van der Waals surface area contributed by atoms with Crippen molar-refractivity contribution in [3.63, 3.8) is 0 Å². The van der Waals surface area contributed by atoms with Crippen LogP contribution in [0.1, 0.15) is 11.1 Å². The number of phenolic OH excluding ortho intramolecular Hbond substituents is 1. The van der Waals surface area contributed by atoms with Crippen LogP contribution in [0.5, 0.6) is 5.75 Å². The molecule has 2 amide bonds. The van der Waals surface area contributed by atoms with E-state index in [4.69, 9.17) is 12.2 Å². The number of hydrogen-bond acceptors (Lipinski definition) is 5. The molecule has 0 bridgehead atoms. The molecular formula is C19H16N2O3S2. The van der Waals surface area contributed by atoms with E-state index in [-0.39, 0.29) is 24.1 Å². The Hall–Kier alpha value is -2.64. The van der Waals surface area contributed by atoms with Gasteiger partial charge in [0.1, 0.15) is 16.6 Å². The smallest absolute Gasteiger partial charge is 0.266 e. The lowest BCUT2D eigenvalue weighted by atomic mass is 10.1. The lowest BCUT2D eigenvalue weighted by Crippen LogP contribution is -2.36. The molecule has 3 rings (SSSR count). The third kappa shape index (κ3) is 4.30. The fourth-order valence-corrected chi connectivity index (χ4v) is 3.63. The summed E-state index contributed by atoms with van der Waals surface area (Å²) in [4.78, 5) is 26.5. The molecule has 26 heavy (non-hydrogen) atoms. The van der Waals surface area contributed by atoms with Gasteiger partial charge in [-0.3, -0.25) is 14.5 Å². The van der Waals surface area contributed by atoms with Crippen LogP contribution in [-0.2, 0) is 9.59 Å². The van der Waals surface area contributed by atoms with Gasteiger partial charge in [-0.05, 0) is 30.7 Å². The SMILES string of the molecule is Cc1ccc(C=C2SC(=S)N(CC(=O)Nc3cccc(O)c3)C2=O)cc1. The van der Waals surface area contributed by atoms with E-state index >= 15 is 0 Å². The highest BCUT2D eigenvalue weighted by atomic mass is 32.2. The van der Waals surface area contributed by atoms with Gasteiger partial charge < -0.3 is 10.4 Å². The standard InChI is InChI=1S/C19H16N2O3S2/c1-12-5-7-13(8-6-12)9-16-18(24)21(19(25)26-16)11-17(23)20-14-3-2-4-15(22)10-14/h2-10,22H,11H2,1H3,(H,20,23). The normalized spacial score (nSPS) is 15.6. The number of carbonyl (C=O) groups is 2. The maximum absolute atomic E-state index is 12.6. The Morgan fingerprint density at radius 1 is 1.27 bits per heavy atom. The minimum Gasteiger partial charge on any atom is -0.508 e. The Balaban J connectivity index is 1.69. The number of nitrogens with one attached hydrogen (secondary N) is 1. The first-order valence-corrected chi connectivity index (χ1v) is 9.06. The second kappa shape index (κ2) is 7.72. The summed E-state index contributed by atoms with van der Waals surface area (Å²) >= 11 is 6.42. The molecule has 0 aliphatic carbocycles. The van der Waals surface area contributed by atoms with Gasteiger partial charge in [0, 0.05) is 11.8 Å². The minimum atomic E-state index is -0.386. The van der Waals surface area contributed by atoms with Crippen LogP contribution in [0.15, 0.2) is 53.4 Å². The van der Waals surface area contributed by atoms with Crippen molar-refractivity contribution in [3.8, 4) is 5.75 Å². The minimum absolute atomic E-state index is 0.0504. The zero-order chi connectivity index (χ0) is 18.7. The van der Waals surface area contributed by atoms with E-state index in [0.29, 0.717) is 14.9 Å². The lowest BCUT2D eigenvalue weighted by Gasteiger charge is -2.14. The average Bonchev–Trinajstić information content (AvgIpc) is 2.84. The van der Waals surface area contributed by atoms with E-state index in [1.807, 2.05) is 31.2 Å². The van der Waals surface area contributed by atoms with E-state index in [2.05, 4.69) is 5.32 Å². The third-order valence-corrected chi connectivity index (χ3v) is 5.06. The van der Waals surface area contributed by atoms with Crippen molar-refractivity contribution in [2.75, 3.05) is 11.9 Å². The van der Waals surface area contributed by atoms with Gasteiger partial charge in [0.2, 0.25) is 5.91 Å². The molecular weight excluding hydrogens is 368 g/mol. The van der Waals surface area contributed by atoms with Crippen LogP contribution in [0.2, 0.25) is 0 Å². The first kappa shape index (κ1) is 18.2. The number of aryl methyl sites for hydroxylation is 1. The first-order valence-electron chi connectivity index (χ1n) is 7.83. The van der Waals surface area contributed by atoms with Gasteiger partial charge in [-0.25, -0.2) is 0 Å². The molecule has 1 aliphatic heterocycles. The molecule has 2 N–H and O–H groups in total. The van der Waals surface area contributed by atoms with Crippen LogP contribution in [0, 0.1) is 6.92 Å². The van der Waals surface area contributed by atoms with Crippen molar-refractivity contribution in [1.29, 1.82) is 0 Å². The summed E-state index contributed by atoms with van der Waals surface area (Å²) in [5.41, 5.74) is 2.49. The zero-order valence-electron chi connectivity index (χ0n) is 13.9. The Kier molecular flexibility index (Phi) is 5.39. The monoisotopic (exact) mass is 384 g/mol. The molecule has 0 saturated carbocycles. The van der Waals surface area contributed by atoms with E-state index in [0.717, 1.165) is 11.1 Å². The topological polar surface area (TPSA) is 69.6 Å². The Morgan fingerprint density at radius 3 is 2.69 bits per heavy atom. The number of phenols is 1. The molecule has 2 aromatic rings. The molecule has 1 saturated heterocycles. The number of nitrogens with zero attached hydrogens (tertiary/aromatic N) is 1. The highest BCUT2D eigenvalue weighted by Crippen LogP contribution is 2.32. The number of rotatable bonds is 4. The Morgan fingerprint density at radius 2 is 2.00 bits per heavy atom. The van der Waals surface area contributed by atoms with Crippen molar-refractivity contribution in [2.24, 2.45) is 0 Å². The number of anilines is 1. The van der Waals surface area contributed by atoms with Crippen LogP contribution in [0.25, 0.3) is 6.08 Å². The fraction of sp³-hybridized carbons (Fsp3) is 0.105. The number of thioether (sulfide) groups is 1. The van der Waals surface area contributed by atoms with Gasteiger partial charge in [0.15, 0.2) is 0 Å². The number of carbonyl (C=O) groups excluding carboxylic acids is 2. The second-order valence-corrected chi connectivity index (χ2v) is 7.45. The van der Waals surface area contributed by atoms with Crippen LogP contribution < -0.4 is 5.32 Å². The molecule has 0 aromatic heterocycles. The molecule has 0 unspecified atom stereocenters. The van der Waals surface area contributed by atoms with Crippen LogP contribution in [0.3, 0.4) is 0 Å². The van der Waals surface area contributed by atoms with Gasteiger partial charge in [-0.1, -0.05) is 59.9 Å². The summed E-state index contributed by atoms with van der Waals surface area (Å²) in [7, 11) is 0. The molecule has 0 spiro atoms. The zero-order valence-corrected chi connectivity index (χ0v) is 15.6. The maximum Gasteiger partial charge on any atom is 0.266 e. The van der Waals surface area contributed by atoms with E-state index in [1.54, 1.807) is 18.2 Å². The number of thiocarbonyl (C=S) groups is 1. The molecule has 1 heterocycles. The molecule has 7 heteroatoms. The van der Waals surface area contributed by atoms with Crippen molar-refractivity contribution in [1.82, 2.24) is 4.90 Å². The van der Waals surface area contributed by atoms with Crippen molar-refractivity contribution in [3.05, 3.63) is 64.6 Å². The Bertz CT molecular complexity index is 907. The first-order chi connectivity index (χ1) is 12.4. The molecule has 132 valence electrons. The number of benzene rings is 2. The summed E-state index contributed by atoms with van der Waals surface area (Å²) in [5.74, 6) is -0.621. The number of hydrogen-bond donors (Lipinski definition) is 2. The van der Waals surface area contributed by atoms with Crippen molar-refractivity contribution < 1.29 is 14.7 Å². The summed E-state index contributed by atoms with van der Waals surface area (Å²) in [6.07, 6.45) is 1.77. The third-order valence-electron chi connectivity index (χ3n) is 3.68. The molecule has 0 atom stereocenters. The summed E-state index contributed by atoms with van der Waals surface area (Å²) in [5, 5.41) is 12.1. The van der Waals surface area contributed by atoms with E-state index in [9.17, 15) is 14.7 Å². The van der Waals surface area contributed by atoms with E-state index < -0.39 is 0 Å². The highest BCUT2D eigenvalue weighted by Gasteiger charge is 2.33. The van der Waals surface area contributed by atoms with Gasteiger partial charge in [0.25, 0.3) is 5.91 Å². The Labute approximate surface area is 160 Å². The summed E-state index contributed by atoms with van der Waals surface area (Å²) in [6, 6.07) is 14.0. The molecule has 2 aromatic carbocycles. The molecule has 1 fully saturated rings. The second-order valence-electron chi connectivity index (χ2n) is 5.78. The van der Waals surface area contributed by atoms with E-state index in [1.165, 1.54) is 28.8 Å². The fourth-order valence-electron chi connectivity index (χ4n) is 2.38. The van der Waals surface area contributed by atoms with Gasteiger partial charge in [-0.15, -0.1) is 0 Å². The predicted molar refractivity (Wildman–Crippen MR) is 108 cm³/mol. The number of aromatic hydroxyl groups is 1. The summed E-state index contributed by atoms with van der Waals surface area (Å²) in [6.45, 7) is 1.82. The highest BCUT2D eigenvalue weighted by molar-refractivity contribution is 8.26. The van der Waals surface area contributed by atoms with Crippen molar-refractivity contribution in [2.45, 2.75) is 6.92 Å². The van der Waals surface area contributed by atoms with Gasteiger partial charge in [-0.2, -0.15) is 0 Å². The quantitative estimate of drug-likeness (QED) is 0.623. The van der Waals surface area contributed by atoms with Crippen molar-refractivity contribution >= 4 is 51.9 Å². The van der Waals surface area contributed by atoms with Crippen LogP contribution in [0.4, 0.5) is 5.69 Å². The molecule has 5 nitrogen and oxygen atoms in total. The molecule has 0 radical (unpaired) electrons. The lowest BCUT2D eigenvalue weighted by molar-refractivity contribution is -0.126. The van der Waals surface area contributed by atoms with Gasteiger partial charge >= 0.3 is 0 Å². The maximum atomic E-state index is 12.6. The van der Waals surface area contributed by atoms with Crippen LogP contribution in [-0.4, -0.2) is 32.7 Å². The largest absolute Gasteiger partial charge is 0.508 e. The number of amides is 2.